The molecular weight excluding hydrogens is 252 g/mol. The highest BCUT2D eigenvalue weighted by atomic mass is 16.3. The van der Waals surface area contributed by atoms with Gasteiger partial charge >= 0.3 is 0 Å². The van der Waals surface area contributed by atoms with Gasteiger partial charge in [0.1, 0.15) is 5.76 Å². The molecule has 0 bridgehead atoms. The molecule has 1 heterocycles. The third kappa shape index (κ3) is 4.37. The van der Waals surface area contributed by atoms with Crippen LogP contribution in [0.5, 0.6) is 0 Å². The summed E-state index contributed by atoms with van der Waals surface area (Å²) < 4.78 is 5.20. The Bertz CT molecular complexity index is 397. The molecule has 4 nitrogen and oxygen atoms in total. The molecule has 4 heteroatoms. The summed E-state index contributed by atoms with van der Waals surface area (Å²) in [5, 5.41) is 6.33. The van der Waals surface area contributed by atoms with E-state index >= 15 is 0 Å². The summed E-state index contributed by atoms with van der Waals surface area (Å²) in [6, 6.07) is 3.93. The van der Waals surface area contributed by atoms with Gasteiger partial charge in [-0.05, 0) is 44.7 Å². The molecule has 112 valence electrons. The molecule has 0 aliphatic heterocycles. The molecule has 0 aromatic carbocycles. The number of amides is 1. The molecule has 1 fully saturated rings. The predicted molar refractivity (Wildman–Crippen MR) is 79.2 cm³/mol. The van der Waals surface area contributed by atoms with Crippen LogP contribution in [0.25, 0.3) is 0 Å². The Balaban J connectivity index is 1.72. The van der Waals surface area contributed by atoms with Crippen molar-refractivity contribution in [1.82, 2.24) is 10.6 Å². The van der Waals surface area contributed by atoms with Crippen molar-refractivity contribution in [3.8, 4) is 0 Å². The van der Waals surface area contributed by atoms with E-state index in [1.807, 2.05) is 19.1 Å². The van der Waals surface area contributed by atoms with E-state index in [4.69, 9.17) is 4.42 Å². The zero-order chi connectivity index (χ0) is 14.4. The smallest absolute Gasteiger partial charge is 0.237 e. The molecule has 2 rings (SSSR count). The highest BCUT2D eigenvalue weighted by molar-refractivity contribution is 5.81. The summed E-state index contributed by atoms with van der Waals surface area (Å²) in [5.41, 5.74) is 0. The van der Waals surface area contributed by atoms with Crippen molar-refractivity contribution < 1.29 is 9.21 Å². The van der Waals surface area contributed by atoms with Gasteiger partial charge in [-0.25, -0.2) is 0 Å². The number of furan rings is 1. The summed E-state index contributed by atoms with van der Waals surface area (Å²) >= 11 is 0. The molecular formula is C16H26N2O2. The third-order valence-electron chi connectivity index (χ3n) is 4.28. The standard InChI is InChI=1S/C16H26N2O2/c1-12(14-7-4-3-5-8-14)18-13(2)16(19)17-11-15-9-6-10-20-15/h6,9-10,12-14,18H,3-5,7-8,11H2,1-2H3,(H,17,19). The maximum absolute atomic E-state index is 12.0. The van der Waals surface area contributed by atoms with Gasteiger partial charge in [0.05, 0.1) is 18.8 Å². The topological polar surface area (TPSA) is 54.3 Å². The molecule has 1 aromatic rings. The summed E-state index contributed by atoms with van der Waals surface area (Å²) in [4.78, 5) is 12.0. The molecule has 0 spiro atoms. The Kier molecular flexibility index (Phi) is 5.65. The molecule has 0 saturated heterocycles. The Labute approximate surface area is 121 Å². The maximum atomic E-state index is 12.0. The van der Waals surface area contributed by atoms with E-state index < -0.39 is 0 Å². The Morgan fingerprint density at radius 3 is 2.75 bits per heavy atom. The second-order valence-electron chi connectivity index (χ2n) is 5.87. The van der Waals surface area contributed by atoms with Gasteiger partial charge < -0.3 is 15.1 Å². The molecule has 1 aliphatic carbocycles. The van der Waals surface area contributed by atoms with E-state index in [1.165, 1.54) is 32.1 Å². The number of nitrogens with one attached hydrogen (secondary N) is 2. The van der Waals surface area contributed by atoms with Crippen molar-refractivity contribution in [3.63, 3.8) is 0 Å². The molecule has 2 N–H and O–H groups in total. The molecule has 2 atom stereocenters. The normalized spacial score (nSPS) is 19.5. The van der Waals surface area contributed by atoms with Crippen LogP contribution < -0.4 is 10.6 Å². The van der Waals surface area contributed by atoms with Gasteiger partial charge in [-0.3, -0.25) is 4.79 Å². The van der Waals surface area contributed by atoms with Gasteiger partial charge in [0, 0.05) is 6.04 Å². The zero-order valence-corrected chi connectivity index (χ0v) is 12.5. The van der Waals surface area contributed by atoms with Crippen LogP contribution in [0, 0.1) is 5.92 Å². The summed E-state index contributed by atoms with van der Waals surface area (Å²) in [7, 11) is 0. The van der Waals surface area contributed by atoms with E-state index in [2.05, 4.69) is 17.6 Å². The van der Waals surface area contributed by atoms with Crippen molar-refractivity contribution in [2.24, 2.45) is 5.92 Å². The van der Waals surface area contributed by atoms with Crippen LogP contribution in [-0.2, 0) is 11.3 Å². The molecule has 1 aromatic heterocycles. The number of hydrogen-bond acceptors (Lipinski definition) is 3. The van der Waals surface area contributed by atoms with Crippen molar-refractivity contribution in [1.29, 1.82) is 0 Å². The summed E-state index contributed by atoms with van der Waals surface area (Å²) in [6.45, 7) is 4.58. The van der Waals surface area contributed by atoms with Crippen molar-refractivity contribution in [2.45, 2.75) is 64.6 Å². The maximum Gasteiger partial charge on any atom is 0.237 e. The lowest BCUT2D eigenvalue weighted by atomic mass is 9.84. The van der Waals surface area contributed by atoms with Gasteiger partial charge in [-0.2, -0.15) is 0 Å². The van der Waals surface area contributed by atoms with E-state index in [9.17, 15) is 4.79 Å². The molecule has 1 aliphatic rings. The lowest BCUT2D eigenvalue weighted by Crippen LogP contribution is -2.48. The van der Waals surface area contributed by atoms with Crippen LogP contribution in [0.1, 0.15) is 51.7 Å². The monoisotopic (exact) mass is 278 g/mol. The van der Waals surface area contributed by atoms with Gasteiger partial charge in [0.25, 0.3) is 0 Å². The largest absolute Gasteiger partial charge is 0.467 e. The first-order chi connectivity index (χ1) is 9.66. The number of hydrogen-bond donors (Lipinski definition) is 2. The zero-order valence-electron chi connectivity index (χ0n) is 12.5. The Hall–Kier alpha value is -1.29. The van der Waals surface area contributed by atoms with Crippen LogP contribution in [0.4, 0.5) is 0 Å². The average Bonchev–Trinajstić information content (AvgIpc) is 2.98. The third-order valence-corrected chi connectivity index (χ3v) is 4.28. The van der Waals surface area contributed by atoms with Crippen molar-refractivity contribution in [2.75, 3.05) is 0 Å². The van der Waals surface area contributed by atoms with Gasteiger partial charge in [0.15, 0.2) is 0 Å². The fourth-order valence-corrected chi connectivity index (χ4v) is 2.98. The molecule has 1 amide bonds. The van der Waals surface area contributed by atoms with E-state index in [0.29, 0.717) is 18.5 Å². The summed E-state index contributed by atoms with van der Waals surface area (Å²) in [6.07, 6.45) is 8.21. The predicted octanol–water partition coefficient (Wildman–Crippen LogP) is 2.84. The van der Waals surface area contributed by atoms with Crippen LogP contribution >= 0.6 is 0 Å². The fraction of sp³-hybridized carbons (Fsp3) is 0.688. The molecule has 20 heavy (non-hydrogen) atoms. The average molecular weight is 278 g/mol. The van der Waals surface area contributed by atoms with Crippen LogP contribution in [-0.4, -0.2) is 18.0 Å². The van der Waals surface area contributed by atoms with Crippen LogP contribution in [0.2, 0.25) is 0 Å². The highest BCUT2D eigenvalue weighted by Crippen LogP contribution is 2.26. The number of carbonyl (C=O) groups is 1. The van der Waals surface area contributed by atoms with Crippen LogP contribution in [0.3, 0.4) is 0 Å². The Morgan fingerprint density at radius 1 is 1.35 bits per heavy atom. The van der Waals surface area contributed by atoms with Crippen LogP contribution in [0.15, 0.2) is 22.8 Å². The first-order valence-electron chi connectivity index (χ1n) is 7.73. The SMILES string of the molecule is CC(NC(C)C1CCCCC1)C(=O)NCc1ccco1. The first-order valence-corrected chi connectivity index (χ1v) is 7.73. The molecule has 1 saturated carbocycles. The van der Waals surface area contributed by atoms with E-state index in [-0.39, 0.29) is 11.9 Å². The highest BCUT2D eigenvalue weighted by Gasteiger charge is 2.23. The second kappa shape index (κ2) is 7.48. The minimum atomic E-state index is -0.165. The quantitative estimate of drug-likeness (QED) is 0.841. The lowest BCUT2D eigenvalue weighted by molar-refractivity contribution is -0.123. The fourth-order valence-electron chi connectivity index (χ4n) is 2.98. The van der Waals surface area contributed by atoms with Gasteiger partial charge in [-0.1, -0.05) is 19.3 Å². The van der Waals surface area contributed by atoms with Gasteiger partial charge in [-0.15, -0.1) is 0 Å². The Morgan fingerprint density at radius 2 is 2.10 bits per heavy atom. The minimum absolute atomic E-state index is 0.0315. The molecule has 0 radical (unpaired) electrons. The summed E-state index contributed by atoms with van der Waals surface area (Å²) in [5.74, 6) is 1.53. The lowest BCUT2D eigenvalue weighted by Gasteiger charge is -2.30. The van der Waals surface area contributed by atoms with Gasteiger partial charge in [0.2, 0.25) is 5.91 Å². The minimum Gasteiger partial charge on any atom is -0.467 e. The number of carbonyl (C=O) groups excluding carboxylic acids is 1. The number of rotatable bonds is 6. The van der Waals surface area contributed by atoms with E-state index in [1.54, 1.807) is 6.26 Å². The van der Waals surface area contributed by atoms with E-state index in [0.717, 1.165) is 5.76 Å². The second-order valence-corrected chi connectivity index (χ2v) is 5.87. The molecule has 2 unspecified atom stereocenters. The first kappa shape index (κ1) is 15.1. The van der Waals surface area contributed by atoms with Crippen molar-refractivity contribution >= 4 is 5.91 Å². The van der Waals surface area contributed by atoms with Crippen molar-refractivity contribution in [3.05, 3.63) is 24.2 Å².